The van der Waals surface area contributed by atoms with Crippen molar-refractivity contribution in [1.29, 1.82) is 0 Å². The van der Waals surface area contributed by atoms with E-state index in [9.17, 15) is 22.0 Å². The molecule has 2 N–H and O–H groups in total. The molecular weight excluding hydrogens is 290 g/mol. The summed E-state index contributed by atoms with van der Waals surface area (Å²) < 4.78 is 66.3. The van der Waals surface area contributed by atoms with Gasteiger partial charge in [0.25, 0.3) is 0 Å². The van der Waals surface area contributed by atoms with E-state index in [1.807, 2.05) is 0 Å². The number of hydrogen-bond donors (Lipinski definition) is 2. The molecule has 0 aliphatic carbocycles. The Bertz CT molecular complexity index is 377. The molecule has 0 amide bonds. The Kier molecular flexibility index (Phi) is 7.64. The van der Waals surface area contributed by atoms with Crippen LogP contribution in [0.3, 0.4) is 0 Å². The Labute approximate surface area is 106 Å². The molecule has 0 atom stereocenters. The van der Waals surface area contributed by atoms with E-state index in [4.69, 9.17) is 10.0 Å². The van der Waals surface area contributed by atoms with Gasteiger partial charge in [0.15, 0.2) is 5.75 Å². The van der Waals surface area contributed by atoms with Crippen molar-refractivity contribution < 1.29 is 36.7 Å². The van der Waals surface area contributed by atoms with E-state index in [1.165, 1.54) is 0 Å². The quantitative estimate of drug-likeness (QED) is 0.370. The van der Waals surface area contributed by atoms with Crippen LogP contribution >= 0.6 is 27.0 Å². The van der Waals surface area contributed by atoms with Gasteiger partial charge in [0, 0.05) is 0 Å². The number of benzene rings is 1. The molecule has 0 heterocycles. The number of rotatable bonds is 2. The van der Waals surface area contributed by atoms with Crippen LogP contribution in [-0.2, 0) is 0 Å². The maximum atomic E-state index is 12.7. The molecule has 0 spiro atoms. The van der Waals surface area contributed by atoms with E-state index < -0.39 is 42.2 Å². The first-order valence-corrected chi connectivity index (χ1v) is 3.40. The molecule has 0 aliphatic rings. The normalized spacial score (nSPS) is 9.12. The third kappa shape index (κ3) is 3.66. The van der Waals surface area contributed by atoms with Crippen molar-refractivity contribution in [3.63, 3.8) is 0 Å². The van der Waals surface area contributed by atoms with Crippen molar-refractivity contribution in [3.8, 4) is 5.75 Å². The van der Waals surface area contributed by atoms with Crippen LogP contribution in [-0.4, -0.2) is 17.4 Å². The molecule has 0 aliphatic heterocycles. The SMILES string of the molecule is OB(O)Oc1c(F)c(F)c(F)c(F)c1F.S.S. The van der Waals surface area contributed by atoms with Crippen molar-refractivity contribution in [3.05, 3.63) is 29.1 Å². The van der Waals surface area contributed by atoms with Gasteiger partial charge in [0.2, 0.25) is 29.1 Å². The highest BCUT2D eigenvalue weighted by atomic mass is 32.1. The standard InChI is InChI=1S/C6H2BF5O3.2H2S/c8-1-2(9)4(11)6(15-7(13)14)5(12)3(1)10;;/h13-14H;2*1H2. The monoisotopic (exact) mass is 296 g/mol. The van der Waals surface area contributed by atoms with Crippen LogP contribution in [0.4, 0.5) is 22.0 Å². The van der Waals surface area contributed by atoms with Crippen molar-refractivity contribution in [2.75, 3.05) is 0 Å². The lowest BCUT2D eigenvalue weighted by Crippen LogP contribution is -2.23. The highest BCUT2D eigenvalue weighted by Crippen LogP contribution is 2.28. The lowest BCUT2D eigenvalue weighted by molar-refractivity contribution is 0.263. The first kappa shape index (κ1) is 18.7. The third-order valence-electron chi connectivity index (χ3n) is 1.39. The smallest absolute Gasteiger partial charge is 0.507 e. The summed E-state index contributed by atoms with van der Waals surface area (Å²) in [6.07, 6.45) is 0. The van der Waals surface area contributed by atoms with Gasteiger partial charge in [-0.15, -0.1) is 0 Å². The molecule has 0 radical (unpaired) electrons. The first-order valence-electron chi connectivity index (χ1n) is 3.40. The summed E-state index contributed by atoms with van der Waals surface area (Å²) in [5, 5.41) is 16.3. The highest BCUT2D eigenvalue weighted by Gasteiger charge is 2.29. The minimum atomic E-state index is -2.70. The average Bonchev–Trinajstić information content (AvgIpc) is 2.18. The molecule has 0 aromatic heterocycles. The van der Waals surface area contributed by atoms with Gasteiger partial charge in [-0.2, -0.15) is 35.8 Å². The van der Waals surface area contributed by atoms with Crippen molar-refractivity contribution in [2.24, 2.45) is 0 Å². The summed E-state index contributed by atoms with van der Waals surface area (Å²) in [7, 11) is -2.70. The maximum absolute atomic E-state index is 12.7. The molecule has 17 heavy (non-hydrogen) atoms. The first-order chi connectivity index (χ1) is 6.86. The lowest BCUT2D eigenvalue weighted by atomic mass is 10.2. The van der Waals surface area contributed by atoms with Crippen LogP contribution in [0, 0.1) is 29.1 Å². The predicted octanol–water partition coefficient (Wildman–Crippen LogP) is 0.956. The third-order valence-corrected chi connectivity index (χ3v) is 1.39. The molecule has 0 fully saturated rings. The number of halogens is 5. The van der Waals surface area contributed by atoms with Gasteiger partial charge in [-0.05, 0) is 0 Å². The maximum Gasteiger partial charge on any atom is 0.707 e. The summed E-state index contributed by atoms with van der Waals surface area (Å²) in [5.41, 5.74) is 0. The molecular formula is C6H6BF5O3S2. The topological polar surface area (TPSA) is 49.7 Å². The van der Waals surface area contributed by atoms with Crippen LogP contribution in [0.25, 0.3) is 0 Å². The Morgan fingerprint density at radius 1 is 0.706 bits per heavy atom. The molecule has 98 valence electrons. The largest absolute Gasteiger partial charge is 0.707 e. The zero-order valence-corrected chi connectivity index (χ0v) is 9.77. The summed E-state index contributed by atoms with van der Waals surface area (Å²) in [4.78, 5) is 0. The van der Waals surface area contributed by atoms with Crippen LogP contribution < -0.4 is 4.65 Å². The minimum Gasteiger partial charge on any atom is -0.507 e. The summed E-state index contributed by atoms with van der Waals surface area (Å²) >= 11 is 0. The van der Waals surface area contributed by atoms with Crippen molar-refractivity contribution >= 4 is 34.3 Å². The van der Waals surface area contributed by atoms with E-state index in [0.717, 1.165) is 0 Å². The zero-order valence-electron chi connectivity index (χ0n) is 7.77. The van der Waals surface area contributed by atoms with Gasteiger partial charge in [-0.3, -0.25) is 0 Å². The second-order valence-corrected chi connectivity index (χ2v) is 2.34. The molecule has 0 bridgehead atoms. The Morgan fingerprint density at radius 2 is 1.00 bits per heavy atom. The van der Waals surface area contributed by atoms with Crippen LogP contribution in [0.1, 0.15) is 0 Å². The van der Waals surface area contributed by atoms with Crippen LogP contribution in [0.5, 0.6) is 5.75 Å². The summed E-state index contributed by atoms with van der Waals surface area (Å²) in [5.74, 6) is -13.1. The lowest BCUT2D eigenvalue weighted by Gasteiger charge is -2.08. The van der Waals surface area contributed by atoms with Crippen LogP contribution in [0.2, 0.25) is 0 Å². The number of hydrogen-bond acceptors (Lipinski definition) is 3. The van der Waals surface area contributed by atoms with E-state index in [0.29, 0.717) is 0 Å². The van der Waals surface area contributed by atoms with Gasteiger partial charge >= 0.3 is 7.32 Å². The fourth-order valence-electron chi connectivity index (χ4n) is 0.794. The molecule has 0 saturated heterocycles. The van der Waals surface area contributed by atoms with Gasteiger partial charge in [0.1, 0.15) is 0 Å². The molecule has 11 heteroatoms. The molecule has 3 nitrogen and oxygen atoms in total. The van der Waals surface area contributed by atoms with E-state index in [1.54, 1.807) is 0 Å². The molecule has 0 saturated carbocycles. The van der Waals surface area contributed by atoms with Crippen LogP contribution in [0.15, 0.2) is 0 Å². The van der Waals surface area contributed by atoms with E-state index in [-0.39, 0.29) is 27.0 Å². The highest BCUT2D eigenvalue weighted by molar-refractivity contribution is 7.59. The van der Waals surface area contributed by atoms with Crippen molar-refractivity contribution in [2.45, 2.75) is 0 Å². The Hall–Kier alpha value is -0.645. The molecule has 1 rings (SSSR count). The minimum absolute atomic E-state index is 0. The summed E-state index contributed by atoms with van der Waals surface area (Å²) in [6.45, 7) is 0. The van der Waals surface area contributed by atoms with E-state index in [2.05, 4.69) is 4.65 Å². The predicted molar refractivity (Wildman–Crippen MR) is 57.8 cm³/mol. The Balaban J connectivity index is 0. The fourth-order valence-corrected chi connectivity index (χ4v) is 0.794. The van der Waals surface area contributed by atoms with Gasteiger partial charge in [-0.25, -0.2) is 13.2 Å². The average molecular weight is 296 g/mol. The summed E-state index contributed by atoms with van der Waals surface area (Å²) in [6, 6.07) is 0. The second kappa shape index (κ2) is 6.94. The van der Waals surface area contributed by atoms with Gasteiger partial charge in [-0.1, -0.05) is 0 Å². The second-order valence-electron chi connectivity index (χ2n) is 2.34. The zero-order chi connectivity index (χ0) is 11.7. The van der Waals surface area contributed by atoms with Crippen molar-refractivity contribution in [1.82, 2.24) is 0 Å². The Morgan fingerprint density at radius 3 is 1.29 bits per heavy atom. The van der Waals surface area contributed by atoms with Gasteiger partial charge < -0.3 is 14.7 Å². The molecule has 1 aromatic rings. The molecule has 1 aromatic carbocycles. The van der Waals surface area contributed by atoms with E-state index >= 15 is 0 Å². The van der Waals surface area contributed by atoms with Gasteiger partial charge in [0.05, 0.1) is 0 Å². The fraction of sp³-hybridized carbons (Fsp3) is 0. The molecule has 0 unspecified atom stereocenters.